The molecule has 0 fully saturated rings. The summed E-state index contributed by atoms with van der Waals surface area (Å²) in [6.45, 7) is 30.8. The lowest BCUT2D eigenvalue weighted by atomic mass is 9.83. The topological polar surface area (TPSA) is 134 Å². The number of hydrogen-bond donors (Lipinski definition) is 0. The first-order valence-electron chi connectivity index (χ1n) is 22.9. The number of fused-ring (bicyclic) bond motifs is 6. The molecule has 12 nitrogen and oxygen atoms in total. The molecule has 0 aromatic heterocycles. The molecule has 0 amide bonds. The van der Waals surface area contributed by atoms with E-state index in [2.05, 4.69) is 83.1 Å². The van der Waals surface area contributed by atoms with E-state index in [-0.39, 0.29) is 55.0 Å². The summed E-state index contributed by atoms with van der Waals surface area (Å²) < 4.78 is 58.5. The molecular formula is C49H57O12S9. The third kappa shape index (κ3) is 10.1. The molecule has 379 valence electrons. The molecule has 0 unspecified atom stereocenters. The third-order valence-corrected chi connectivity index (χ3v) is 20.8. The van der Waals surface area contributed by atoms with Crippen LogP contribution in [0.4, 0.5) is 0 Å². The molecular weight excluding hydrogens is 1070 g/mol. The SMILES string of the molecule is CCOC(=O)CSc1c2c(c([C](c3c4c(c(SCC(=O)OCC)c5c3SC(C)(C)O5)OC(C)(C)S4)c3c4c(c(SCC(=O)OCC)c5c3SC(C)(C)O5)OC(C)(C)S4)c3c1OC(C)(C)S3)SC(C)(C)O2. The normalized spacial score (nSPS) is 20.1. The van der Waals surface area contributed by atoms with Crippen LogP contribution in [0.25, 0.3) is 0 Å². The van der Waals surface area contributed by atoms with E-state index in [0.29, 0.717) is 34.5 Å². The zero-order valence-electron chi connectivity index (χ0n) is 41.8. The summed E-state index contributed by atoms with van der Waals surface area (Å²) in [7, 11) is 0. The van der Waals surface area contributed by atoms with Crippen LogP contribution in [0.5, 0.6) is 34.5 Å². The molecule has 3 aromatic rings. The summed E-state index contributed by atoms with van der Waals surface area (Å²) in [5, 5.41) is 0. The summed E-state index contributed by atoms with van der Waals surface area (Å²) in [6.07, 6.45) is 0. The number of thioether (sulfide) groups is 9. The fourth-order valence-electron chi connectivity index (χ4n) is 8.58. The van der Waals surface area contributed by atoms with E-state index >= 15 is 0 Å². The van der Waals surface area contributed by atoms with Gasteiger partial charge in [0.25, 0.3) is 0 Å². The molecule has 0 aliphatic carbocycles. The second kappa shape index (κ2) is 19.0. The molecule has 6 aliphatic rings. The third-order valence-electron chi connectivity index (χ3n) is 10.7. The molecule has 0 atom stereocenters. The maximum absolute atomic E-state index is 13.1. The summed E-state index contributed by atoms with van der Waals surface area (Å²) in [6, 6.07) is 0. The van der Waals surface area contributed by atoms with Gasteiger partial charge in [-0.2, -0.15) is 0 Å². The van der Waals surface area contributed by atoms with Crippen LogP contribution in [0.15, 0.2) is 44.1 Å². The molecule has 21 heteroatoms. The molecule has 1 radical (unpaired) electrons. The zero-order chi connectivity index (χ0) is 50.7. The Balaban J connectivity index is 1.43. The van der Waals surface area contributed by atoms with Crippen molar-refractivity contribution in [3.05, 3.63) is 22.6 Å². The van der Waals surface area contributed by atoms with Crippen molar-refractivity contribution in [1.82, 2.24) is 0 Å². The average molecular weight is 1130 g/mol. The summed E-state index contributed by atoms with van der Waals surface area (Å²) in [4.78, 5) is 42.5. The highest BCUT2D eigenvalue weighted by Crippen LogP contribution is 2.73. The van der Waals surface area contributed by atoms with Gasteiger partial charge in [-0.15, -0.1) is 35.3 Å². The number of rotatable bonds is 15. The van der Waals surface area contributed by atoms with Crippen molar-refractivity contribution in [1.29, 1.82) is 0 Å². The van der Waals surface area contributed by atoms with Crippen molar-refractivity contribution in [3.8, 4) is 34.5 Å². The monoisotopic (exact) mass is 1130 g/mol. The van der Waals surface area contributed by atoms with Crippen molar-refractivity contribution in [3.63, 3.8) is 0 Å². The van der Waals surface area contributed by atoms with Crippen LogP contribution in [0.2, 0.25) is 0 Å². The Labute approximate surface area is 448 Å². The van der Waals surface area contributed by atoms with Gasteiger partial charge in [-0.05, 0) is 104 Å². The van der Waals surface area contributed by atoms with Crippen molar-refractivity contribution >= 4 is 124 Å². The Bertz CT molecular complexity index is 2290. The number of carbonyl (C=O) groups is 3. The van der Waals surface area contributed by atoms with Gasteiger partial charge in [-0.25, -0.2) is 0 Å². The number of ether oxygens (including phenoxy) is 9. The van der Waals surface area contributed by atoms with Crippen LogP contribution in [0.3, 0.4) is 0 Å². The molecule has 3 aromatic carbocycles. The fourth-order valence-corrected chi connectivity index (χ4v) is 18.8. The van der Waals surface area contributed by atoms with Crippen LogP contribution in [0.1, 0.15) is 121 Å². The number of benzene rings is 3. The molecule has 70 heavy (non-hydrogen) atoms. The van der Waals surface area contributed by atoms with Gasteiger partial charge in [0.2, 0.25) is 0 Å². The van der Waals surface area contributed by atoms with Gasteiger partial charge >= 0.3 is 17.9 Å². The highest BCUT2D eigenvalue weighted by molar-refractivity contribution is 8.04. The Morgan fingerprint density at radius 3 is 0.729 bits per heavy atom. The Morgan fingerprint density at radius 2 is 0.557 bits per heavy atom. The fraction of sp³-hybridized carbons (Fsp3) is 0.551. The van der Waals surface area contributed by atoms with Crippen LogP contribution in [-0.4, -0.2) is 84.6 Å². The predicted molar refractivity (Wildman–Crippen MR) is 285 cm³/mol. The van der Waals surface area contributed by atoms with Gasteiger partial charge in [0.05, 0.1) is 87.1 Å². The first-order valence-corrected chi connectivity index (χ1v) is 30.8. The van der Waals surface area contributed by atoms with Gasteiger partial charge < -0.3 is 42.6 Å². The smallest absolute Gasteiger partial charge is 0.316 e. The first kappa shape index (κ1) is 52.9. The van der Waals surface area contributed by atoms with Gasteiger partial charge in [-0.3, -0.25) is 14.4 Å². The molecule has 9 rings (SSSR count). The Kier molecular flexibility index (Phi) is 14.3. The summed E-state index contributed by atoms with van der Waals surface area (Å²) >= 11 is 13.9. The van der Waals surface area contributed by atoms with Crippen LogP contribution < -0.4 is 28.4 Å². The zero-order valence-corrected chi connectivity index (χ0v) is 49.2. The highest BCUT2D eigenvalue weighted by Gasteiger charge is 2.54. The Hall–Kier alpha value is -1.98. The first-order chi connectivity index (χ1) is 32.7. The van der Waals surface area contributed by atoms with Crippen molar-refractivity contribution in [2.45, 2.75) is 178 Å². The lowest BCUT2D eigenvalue weighted by Crippen LogP contribution is -2.19. The maximum atomic E-state index is 13.1. The van der Waals surface area contributed by atoms with E-state index in [1.165, 1.54) is 35.3 Å². The number of esters is 3. The minimum absolute atomic E-state index is 0.0572. The molecule has 0 saturated heterocycles. The van der Waals surface area contributed by atoms with Gasteiger partial charge in [0.15, 0.2) is 64.1 Å². The minimum Gasteiger partial charge on any atom is -0.474 e. The second-order valence-electron chi connectivity index (χ2n) is 19.3. The average Bonchev–Trinajstić information content (AvgIpc) is 4.05. The largest absolute Gasteiger partial charge is 0.474 e. The molecule has 6 aliphatic heterocycles. The van der Waals surface area contributed by atoms with Crippen LogP contribution in [0, 0.1) is 5.92 Å². The van der Waals surface area contributed by atoms with E-state index in [4.69, 9.17) is 42.6 Å². The molecule has 0 N–H and O–H groups in total. The van der Waals surface area contributed by atoms with Gasteiger partial charge in [0, 0.05) is 16.7 Å². The summed E-state index contributed by atoms with van der Waals surface area (Å²) in [5.74, 6) is 3.80. The predicted octanol–water partition coefficient (Wildman–Crippen LogP) is 14.0. The van der Waals surface area contributed by atoms with Gasteiger partial charge in [0.1, 0.15) is 0 Å². The van der Waals surface area contributed by atoms with E-state index < -0.39 is 29.6 Å². The van der Waals surface area contributed by atoms with Crippen LogP contribution >= 0.6 is 106 Å². The minimum atomic E-state index is -0.731. The van der Waals surface area contributed by atoms with Crippen molar-refractivity contribution < 1.29 is 57.0 Å². The van der Waals surface area contributed by atoms with E-state index in [1.807, 2.05) is 0 Å². The lowest BCUT2D eigenvalue weighted by molar-refractivity contribution is -0.140. The Morgan fingerprint density at radius 1 is 0.371 bits per heavy atom. The molecule has 0 spiro atoms. The van der Waals surface area contributed by atoms with Crippen molar-refractivity contribution in [2.24, 2.45) is 0 Å². The molecule has 0 bridgehead atoms. The maximum Gasteiger partial charge on any atom is 0.316 e. The number of carbonyl (C=O) groups excluding carboxylic acids is 3. The summed E-state index contributed by atoms with van der Waals surface area (Å²) in [5.41, 5.74) is 2.70. The van der Waals surface area contributed by atoms with E-state index in [9.17, 15) is 14.4 Å². The van der Waals surface area contributed by atoms with Crippen molar-refractivity contribution in [2.75, 3.05) is 37.1 Å². The van der Waals surface area contributed by atoms with E-state index in [1.54, 1.807) is 91.3 Å². The van der Waals surface area contributed by atoms with Crippen LogP contribution in [-0.2, 0) is 28.6 Å². The molecule has 6 heterocycles. The lowest BCUT2D eigenvalue weighted by Gasteiger charge is -2.29. The van der Waals surface area contributed by atoms with Gasteiger partial charge in [-0.1, -0.05) is 70.6 Å². The standard InChI is InChI=1S/C49H57O12S9/c1-16-53-22(50)19-62-41-29-35(65-44(4,5)56-29)26(36-30(41)57-45(6,7)66-36)25(27-37-31(58-46(8,9)67-37)42(63-20-23(51)54-17-2)32-38(27)68-47(10,11)59-32)28-39-33(60-48(12,13)69-39)43(64-21-24(52)55-18-3)34-40(28)70-49(14,15)61-34/h16-21H2,1-15H3. The highest BCUT2D eigenvalue weighted by atomic mass is 32.2. The quantitative estimate of drug-likeness (QED) is 0.0617. The van der Waals surface area contributed by atoms with E-state index in [0.717, 1.165) is 66.7 Å². The number of hydrogen-bond acceptors (Lipinski definition) is 21. The second-order valence-corrected chi connectivity index (χ2v) is 31.9. The molecule has 0 saturated carbocycles.